The lowest BCUT2D eigenvalue weighted by Crippen LogP contribution is -2.33. The second-order valence-corrected chi connectivity index (χ2v) is 6.89. The van der Waals surface area contributed by atoms with Gasteiger partial charge in [0, 0.05) is 18.8 Å². The molecule has 132 valence electrons. The molecular weight excluding hydrogens is 399 g/mol. The van der Waals surface area contributed by atoms with E-state index < -0.39 is 0 Å². The number of nitrogens with zero attached hydrogens (tertiary/aromatic N) is 2. The molecule has 0 heterocycles. The van der Waals surface area contributed by atoms with Crippen LogP contribution < -0.4 is 11.1 Å². The van der Waals surface area contributed by atoms with Gasteiger partial charge in [0.25, 0.3) is 0 Å². The highest BCUT2D eigenvalue weighted by Crippen LogP contribution is 2.22. The summed E-state index contributed by atoms with van der Waals surface area (Å²) < 4.78 is 0. The molecule has 0 aliphatic carbocycles. The van der Waals surface area contributed by atoms with E-state index in [2.05, 4.69) is 75.2 Å². The molecule has 0 fully saturated rings. The molecule has 0 atom stereocenters. The van der Waals surface area contributed by atoms with Gasteiger partial charge in [-0.05, 0) is 43.5 Å². The minimum atomic E-state index is 0. The van der Waals surface area contributed by atoms with Crippen molar-refractivity contribution in [3.8, 4) is 0 Å². The van der Waals surface area contributed by atoms with Crippen LogP contribution >= 0.6 is 24.0 Å². The number of halogens is 1. The fourth-order valence-electron chi connectivity index (χ4n) is 2.78. The number of anilines is 1. The highest BCUT2D eigenvalue weighted by atomic mass is 127. The third-order valence-electron chi connectivity index (χ3n) is 3.67. The molecule has 0 aromatic heterocycles. The molecule has 0 saturated heterocycles. The van der Waals surface area contributed by atoms with Crippen LogP contribution in [0.25, 0.3) is 0 Å². The molecule has 1 aromatic carbocycles. The van der Waals surface area contributed by atoms with E-state index in [4.69, 9.17) is 5.73 Å². The molecule has 0 spiro atoms. The normalized spacial score (nSPS) is 12.2. The number of nitrogens with one attached hydrogen (secondary N) is 1. The van der Waals surface area contributed by atoms with Gasteiger partial charge in [0.05, 0.1) is 0 Å². The average Bonchev–Trinajstić information content (AvgIpc) is 2.44. The zero-order chi connectivity index (χ0) is 16.8. The number of benzene rings is 1. The molecule has 0 aliphatic rings. The molecule has 3 N–H and O–H groups in total. The molecule has 1 aromatic rings. The second-order valence-electron chi connectivity index (χ2n) is 6.89. The van der Waals surface area contributed by atoms with Crippen molar-refractivity contribution in [2.24, 2.45) is 16.1 Å². The number of aryl methyl sites for hydroxylation is 2. The van der Waals surface area contributed by atoms with Crippen LogP contribution in [0.5, 0.6) is 0 Å². The Balaban J connectivity index is 0.00000484. The third kappa shape index (κ3) is 7.52. The van der Waals surface area contributed by atoms with Crippen LogP contribution in [0.15, 0.2) is 23.2 Å². The molecule has 5 heteroatoms. The first kappa shape index (κ1) is 22.2. The minimum absolute atomic E-state index is 0. The maximum Gasteiger partial charge on any atom is 0.193 e. The van der Waals surface area contributed by atoms with E-state index >= 15 is 0 Å². The lowest BCUT2D eigenvalue weighted by atomic mass is 9.93. The SMILES string of the molecule is CCc1cccc(CC)c1NC(N)=NCC(C)(C)CN(C)C.I. The van der Waals surface area contributed by atoms with Crippen molar-refractivity contribution in [1.82, 2.24) is 4.90 Å². The van der Waals surface area contributed by atoms with Gasteiger partial charge < -0.3 is 16.0 Å². The van der Waals surface area contributed by atoms with Crippen molar-refractivity contribution in [1.29, 1.82) is 0 Å². The topological polar surface area (TPSA) is 53.6 Å². The van der Waals surface area contributed by atoms with E-state index in [-0.39, 0.29) is 29.4 Å². The molecular formula is C18H33IN4. The highest BCUT2D eigenvalue weighted by Gasteiger charge is 2.18. The summed E-state index contributed by atoms with van der Waals surface area (Å²) in [6.07, 6.45) is 1.96. The standard InChI is InChI=1S/C18H32N4.HI/c1-7-14-10-9-11-15(8-2)16(14)21-17(19)20-12-18(3,4)13-22(5)6;/h9-11H,7-8,12-13H2,1-6H3,(H3,19,20,21);1H. The zero-order valence-electron chi connectivity index (χ0n) is 15.4. The summed E-state index contributed by atoms with van der Waals surface area (Å²) in [7, 11) is 4.16. The van der Waals surface area contributed by atoms with Gasteiger partial charge in [0.1, 0.15) is 0 Å². The van der Waals surface area contributed by atoms with Gasteiger partial charge in [0.2, 0.25) is 0 Å². The molecule has 0 unspecified atom stereocenters. The number of hydrogen-bond donors (Lipinski definition) is 2. The van der Waals surface area contributed by atoms with Crippen LogP contribution in [0.4, 0.5) is 5.69 Å². The molecule has 0 bridgehead atoms. The van der Waals surface area contributed by atoms with E-state index in [1.807, 2.05) is 0 Å². The lowest BCUT2D eigenvalue weighted by molar-refractivity contribution is 0.249. The molecule has 1 rings (SSSR count). The summed E-state index contributed by atoms with van der Waals surface area (Å²) in [5.74, 6) is 0.502. The zero-order valence-corrected chi connectivity index (χ0v) is 17.8. The van der Waals surface area contributed by atoms with E-state index in [9.17, 15) is 0 Å². The lowest BCUT2D eigenvalue weighted by Gasteiger charge is -2.26. The maximum atomic E-state index is 6.12. The Bertz CT molecular complexity index is 487. The fourth-order valence-corrected chi connectivity index (χ4v) is 2.78. The van der Waals surface area contributed by atoms with Crippen LogP contribution in [0.2, 0.25) is 0 Å². The van der Waals surface area contributed by atoms with Gasteiger partial charge >= 0.3 is 0 Å². The van der Waals surface area contributed by atoms with Gasteiger partial charge in [-0.25, -0.2) is 0 Å². The second kappa shape index (κ2) is 10.1. The molecule has 0 saturated carbocycles. The largest absolute Gasteiger partial charge is 0.370 e. The van der Waals surface area contributed by atoms with Crippen molar-refractivity contribution < 1.29 is 0 Å². The molecule has 0 amide bonds. The van der Waals surface area contributed by atoms with Crippen LogP contribution in [0.3, 0.4) is 0 Å². The van der Waals surface area contributed by atoms with Crippen molar-refractivity contribution >= 4 is 35.6 Å². The molecule has 0 radical (unpaired) electrons. The molecule has 23 heavy (non-hydrogen) atoms. The highest BCUT2D eigenvalue weighted by molar-refractivity contribution is 14.0. The Morgan fingerprint density at radius 3 is 2.13 bits per heavy atom. The predicted octanol–water partition coefficient (Wildman–Crippen LogP) is 3.74. The van der Waals surface area contributed by atoms with Crippen molar-refractivity contribution in [3.05, 3.63) is 29.3 Å². The fraction of sp³-hybridized carbons (Fsp3) is 0.611. The predicted molar refractivity (Wildman–Crippen MR) is 113 cm³/mol. The van der Waals surface area contributed by atoms with E-state index in [1.54, 1.807) is 0 Å². The number of nitrogens with two attached hydrogens (primary N) is 1. The molecule has 4 nitrogen and oxygen atoms in total. The summed E-state index contributed by atoms with van der Waals surface area (Å²) in [6.45, 7) is 10.4. The van der Waals surface area contributed by atoms with Crippen LogP contribution in [-0.2, 0) is 12.8 Å². The first-order valence-electron chi connectivity index (χ1n) is 8.11. The van der Waals surface area contributed by atoms with Gasteiger partial charge in [0.15, 0.2) is 5.96 Å². The number of hydrogen-bond acceptors (Lipinski definition) is 2. The molecule has 0 aliphatic heterocycles. The Kier molecular flexibility index (Phi) is 9.77. The number of guanidine groups is 1. The third-order valence-corrected chi connectivity index (χ3v) is 3.67. The summed E-state index contributed by atoms with van der Waals surface area (Å²) in [5.41, 5.74) is 9.91. The Hall–Kier alpha value is -0.820. The van der Waals surface area contributed by atoms with Crippen LogP contribution in [0, 0.1) is 5.41 Å². The Morgan fingerprint density at radius 1 is 1.17 bits per heavy atom. The number of aliphatic imine (C=N–C) groups is 1. The van der Waals surface area contributed by atoms with Gasteiger partial charge in [-0.1, -0.05) is 45.9 Å². The smallest absolute Gasteiger partial charge is 0.193 e. The van der Waals surface area contributed by atoms with Crippen molar-refractivity contribution in [2.75, 3.05) is 32.5 Å². The van der Waals surface area contributed by atoms with Crippen LogP contribution in [0.1, 0.15) is 38.8 Å². The maximum absolute atomic E-state index is 6.12. The monoisotopic (exact) mass is 432 g/mol. The minimum Gasteiger partial charge on any atom is -0.370 e. The number of para-hydroxylation sites is 1. The first-order valence-corrected chi connectivity index (χ1v) is 8.11. The Morgan fingerprint density at radius 2 is 1.70 bits per heavy atom. The number of rotatable bonds is 7. The first-order chi connectivity index (χ1) is 10.3. The van der Waals surface area contributed by atoms with Gasteiger partial charge in [-0.15, -0.1) is 24.0 Å². The quantitative estimate of drug-likeness (QED) is 0.392. The van der Waals surface area contributed by atoms with E-state index in [1.165, 1.54) is 11.1 Å². The summed E-state index contributed by atoms with van der Waals surface area (Å²) >= 11 is 0. The Labute approximate surface area is 158 Å². The summed E-state index contributed by atoms with van der Waals surface area (Å²) in [6, 6.07) is 6.39. The van der Waals surface area contributed by atoms with Crippen molar-refractivity contribution in [2.45, 2.75) is 40.5 Å². The van der Waals surface area contributed by atoms with E-state index in [0.717, 1.165) is 25.1 Å². The van der Waals surface area contributed by atoms with Gasteiger partial charge in [-0.3, -0.25) is 4.99 Å². The van der Waals surface area contributed by atoms with Gasteiger partial charge in [-0.2, -0.15) is 0 Å². The van der Waals surface area contributed by atoms with Crippen LogP contribution in [-0.4, -0.2) is 38.0 Å². The summed E-state index contributed by atoms with van der Waals surface area (Å²) in [4.78, 5) is 6.73. The summed E-state index contributed by atoms with van der Waals surface area (Å²) in [5, 5.41) is 3.32. The van der Waals surface area contributed by atoms with E-state index in [0.29, 0.717) is 12.5 Å². The van der Waals surface area contributed by atoms with Crippen molar-refractivity contribution in [3.63, 3.8) is 0 Å². The average molecular weight is 432 g/mol.